The van der Waals surface area contributed by atoms with E-state index >= 15 is 0 Å². The maximum absolute atomic E-state index is 12.3. The Labute approximate surface area is 186 Å². The van der Waals surface area contributed by atoms with Gasteiger partial charge in [0.2, 0.25) is 5.91 Å². The molecule has 1 saturated carbocycles. The Morgan fingerprint density at radius 3 is 2.58 bits per heavy atom. The van der Waals surface area contributed by atoms with Crippen molar-refractivity contribution in [3.63, 3.8) is 0 Å². The van der Waals surface area contributed by atoms with Gasteiger partial charge in [-0.1, -0.05) is 35.9 Å². The van der Waals surface area contributed by atoms with Crippen LogP contribution in [0.2, 0.25) is 0 Å². The van der Waals surface area contributed by atoms with Crippen LogP contribution in [0.4, 0.5) is 0 Å². The fourth-order valence-corrected chi connectivity index (χ4v) is 5.25. The van der Waals surface area contributed by atoms with Crippen LogP contribution in [0.5, 0.6) is 11.5 Å². The van der Waals surface area contributed by atoms with Crippen LogP contribution in [0.1, 0.15) is 61.6 Å². The summed E-state index contributed by atoms with van der Waals surface area (Å²) < 4.78 is 11.9. The Bertz CT molecular complexity index is 903. The maximum Gasteiger partial charge on any atom is 0.219 e. The number of benzene rings is 2. The van der Waals surface area contributed by atoms with E-state index in [1.165, 1.54) is 29.5 Å². The topological polar surface area (TPSA) is 38.8 Å². The standard InChI is InChI=1S/C27H35NO3/c1-19-7-6-8-21(13-19)14-22-15-24(18-28(17-22)20(2)29)23-11-12-26(30-3)27(16-23)31-25-9-4-5-10-25/h6-8,11-13,16,22,24-25H,4-5,9-10,14-15,17-18H2,1-3H3/t22-,24-/m1/s1. The monoisotopic (exact) mass is 421 g/mol. The van der Waals surface area contributed by atoms with E-state index in [2.05, 4.69) is 43.3 Å². The predicted octanol–water partition coefficient (Wildman–Crippen LogP) is 5.52. The minimum Gasteiger partial charge on any atom is -0.493 e. The number of hydrogen-bond acceptors (Lipinski definition) is 3. The molecule has 2 fully saturated rings. The molecule has 0 spiro atoms. The van der Waals surface area contributed by atoms with Crippen molar-refractivity contribution < 1.29 is 14.3 Å². The van der Waals surface area contributed by atoms with Crippen LogP contribution in [0.15, 0.2) is 42.5 Å². The molecule has 1 aliphatic heterocycles. The van der Waals surface area contributed by atoms with E-state index in [1.807, 2.05) is 11.0 Å². The third-order valence-corrected chi connectivity index (χ3v) is 6.84. The smallest absolute Gasteiger partial charge is 0.219 e. The van der Waals surface area contributed by atoms with Crippen molar-refractivity contribution >= 4 is 5.91 Å². The number of amides is 1. The Hall–Kier alpha value is -2.49. The molecule has 2 aliphatic rings. The largest absolute Gasteiger partial charge is 0.493 e. The van der Waals surface area contributed by atoms with Gasteiger partial charge in [0, 0.05) is 25.9 Å². The first-order chi connectivity index (χ1) is 15.0. The molecule has 31 heavy (non-hydrogen) atoms. The first-order valence-electron chi connectivity index (χ1n) is 11.7. The summed E-state index contributed by atoms with van der Waals surface area (Å²) in [7, 11) is 1.70. The Kier molecular flexibility index (Phi) is 6.84. The average Bonchev–Trinajstić information content (AvgIpc) is 3.26. The predicted molar refractivity (Wildman–Crippen MR) is 124 cm³/mol. The minimum atomic E-state index is 0.162. The van der Waals surface area contributed by atoms with Gasteiger partial charge >= 0.3 is 0 Å². The number of piperidine rings is 1. The highest BCUT2D eigenvalue weighted by Gasteiger charge is 2.30. The van der Waals surface area contributed by atoms with Crippen molar-refractivity contribution in [2.45, 2.75) is 64.4 Å². The minimum absolute atomic E-state index is 0.162. The molecule has 4 nitrogen and oxygen atoms in total. The maximum atomic E-state index is 12.3. The lowest BCUT2D eigenvalue weighted by Gasteiger charge is -2.38. The van der Waals surface area contributed by atoms with E-state index in [1.54, 1.807) is 14.0 Å². The molecular weight excluding hydrogens is 386 g/mol. The van der Waals surface area contributed by atoms with E-state index in [9.17, 15) is 4.79 Å². The molecule has 0 aromatic heterocycles. The zero-order valence-corrected chi connectivity index (χ0v) is 19.1. The van der Waals surface area contributed by atoms with Crippen molar-refractivity contribution in [2.75, 3.05) is 20.2 Å². The molecule has 4 rings (SSSR count). The molecule has 0 N–H and O–H groups in total. The highest BCUT2D eigenvalue weighted by atomic mass is 16.5. The van der Waals surface area contributed by atoms with Gasteiger partial charge in [0.25, 0.3) is 0 Å². The highest BCUT2D eigenvalue weighted by Crippen LogP contribution is 2.38. The number of aryl methyl sites for hydroxylation is 1. The second-order valence-electron chi connectivity index (χ2n) is 9.35. The Morgan fingerprint density at radius 2 is 1.87 bits per heavy atom. The quantitative estimate of drug-likeness (QED) is 0.616. The molecule has 2 aromatic rings. The summed E-state index contributed by atoms with van der Waals surface area (Å²) in [6.07, 6.45) is 7.09. The molecular formula is C27H35NO3. The summed E-state index contributed by atoms with van der Waals surface area (Å²) in [6.45, 7) is 5.43. The van der Waals surface area contributed by atoms with Crippen LogP contribution >= 0.6 is 0 Å². The van der Waals surface area contributed by atoms with Crippen LogP contribution in [0.25, 0.3) is 0 Å². The molecule has 0 bridgehead atoms. The summed E-state index contributed by atoms with van der Waals surface area (Å²) in [6, 6.07) is 15.1. The number of likely N-dealkylation sites (tertiary alicyclic amines) is 1. The molecule has 1 heterocycles. The van der Waals surface area contributed by atoms with Gasteiger partial charge in [0.1, 0.15) is 0 Å². The van der Waals surface area contributed by atoms with Gasteiger partial charge in [-0.15, -0.1) is 0 Å². The van der Waals surface area contributed by atoms with Gasteiger partial charge in [-0.2, -0.15) is 0 Å². The van der Waals surface area contributed by atoms with Crippen LogP contribution < -0.4 is 9.47 Å². The number of rotatable bonds is 6. The average molecular weight is 422 g/mol. The fourth-order valence-electron chi connectivity index (χ4n) is 5.25. The normalized spacial score (nSPS) is 21.8. The summed E-state index contributed by atoms with van der Waals surface area (Å²) in [5.41, 5.74) is 3.89. The highest BCUT2D eigenvalue weighted by molar-refractivity contribution is 5.73. The molecule has 166 valence electrons. The van der Waals surface area contributed by atoms with E-state index in [-0.39, 0.29) is 5.91 Å². The third kappa shape index (κ3) is 5.41. The van der Waals surface area contributed by atoms with Crippen molar-refractivity contribution in [3.8, 4) is 11.5 Å². The first kappa shape index (κ1) is 21.7. The molecule has 2 atom stereocenters. The van der Waals surface area contributed by atoms with Crippen LogP contribution in [-0.4, -0.2) is 37.1 Å². The molecule has 2 aromatic carbocycles. The Morgan fingerprint density at radius 1 is 1.06 bits per heavy atom. The lowest BCUT2D eigenvalue weighted by molar-refractivity contribution is -0.131. The summed E-state index contributed by atoms with van der Waals surface area (Å²) >= 11 is 0. The number of methoxy groups -OCH3 is 1. The molecule has 0 radical (unpaired) electrons. The molecule has 1 saturated heterocycles. The summed E-state index contributed by atoms with van der Waals surface area (Å²) in [5.74, 6) is 2.57. The summed E-state index contributed by atoms with van der Waals surface area (Å²) in [5, 5.41) is 0. The fraction of sp³-hybridized carbons (Fsp3) is 0.519. The number of nitrogens with zero attached hydrogens (tertiary/aromatic N) is 1. The zero-order chi connectivity index (χ0) is 21.8. The lowest BCUT2D eigenvalue weighted by atomic mass is 9.81. The van der Waals surface area contributed by atoms with Crippen molar-refractivity contribution in [1.82, 2.24) is 4.90 Å². The van der Waals surface area contributed by atoms with Crippen LogP contribution in [0.3, 0.4) is 0 Å². The molecule has 0 unspecified atom stereocenters. The SMILES string of the molecule is COc1ccc([C@@H]2C[C@@H](Cc3cccc(C)c3)CN(C(C)=O)C2)cc1OC1CCCC1. The molecule has 1 amide bonds. The summed E-state index contributed by atoms with van der Waals surface area (Å²) in [4.78, 5) is 14.3. The van der Waals surface area contributed by atoms with Gasteiger partial charge < -0.3 is 14.4 Å². The number of carbonyl (C=O) groups excluding carboxylic acids is 1. The van der Waals surface area contributed by atoms with Crippen LogP contribution in [0, 0.1) is 12.8 Å². The second kappa shape index (κ2) is 9.76. The zero-order valence-electron chi connectivity index (χ0n) is 19.1. The lowest BCUT2D eigenvalue weighted by Crippen LogP contribution is -2.42. The Balaban J connectivity index is 1.55. The second-order valence-corrected chi connectivity index (χ2v) is 9.35. The number of hydrogen-bond donors (Lipinski definition) is 0. The van der Waals surface area contributed by atoms with Gasteiger partial charge in [0.15, 0.2) is 11.5 Å². The van der Waals surface area contributed by atoms with Gasteiger partial charge in [-0.3, -0.25) is 4.79 Å². The van der Waals surface area contributed by atoms with E-state index in [0.29, 0.717) is 17.9 Å². The van der Waals surface area contributed by atoms with E-state index in [0.717, 1.165) is 50.3 Å². The number of ether oxygens (including phenoxy) is 2. The van der Waals surface area contributed by atoms with Crippen molar-refractivity contribution in [3.05, 3.63) is 59.2 Å². The van der Waals surface area contributed by atoms with Crippen molar-refractivity contribution in [1.29, 1.82) is 0 Å². The van der Waals surface area contributed by atoms with Gasteiger partial charge in [-0.05, 0) is 74.6 Å². The molecule has 1 aliphatic carbocycles. The first-order valence-corrected chi connectivity index (χ1v) is 11.7. The van der Waals surface area contributed by atoms with Gasteiger partial charge in [0.05, 0.1) is 13.2 Å². The van der Waals surface area contributed by atoms with Crippen LogP contribution in [-0.2, 0) is 11.2 Å². The number of carbonyl (C=O) groups is 1. The third-order valence-electron chi connectivity index (χ3n) is 6.84. The van der Waals surface area contributed by atoms with Crippen molar-refractivity contribution in [2.24, 2.45) is 5.92 Å². The molecule has 4 heteroatoms. The van der Waals surface area contributed by atoms with E-state index < -0.39 is 0 Å². The van der Waals surface area contributed by atoms with Gasteiger partial charge in [-0.25, -0.2) is 0 Å². The van der Waals surface area contributed by atoms with E-state index in [4.69, 9.17) is 9.47 Å².